The standard InChI is InChI=1S/C20H29N3OS/c1-14(2)18-13-19(15(3)4)23(21-18)16-7-9-22(10-8-16)20(24)12-17-6-5-11-25-17/h5-6,11,13-16H,7-10,12H2,1-4H3. The number of rotatable bonds is 5. The lowest BCUT2D eigenvalue weighted by Crippen LogP contribution is -2.40. The zero-order valence-corrected chi connectivity index (χ0v) is 16.6. The number of carbonyl (C=O) groups excluding carboxylic acids is 1. The Morgan fingerprint density at radius 3 is 2.52 bits per heavy atom. The summed E-state index contributed by atoms with van der Waals surface area (Å²) in [6.45, 7) is 10.5. The minimum Gasteiger partial charge on any atom is -0.342 e. The van der Waals surface area contributed by atoms with E-state index in [2.05, 4.69) is 38.4 Å². The van der Waals surface area contributed by atoms with E-state index in [0.29, 0.717) is 24.3 Å². The summed E-state index contributed by atoms with van der Waals surface area (Å²) >= 11 is 1.66. The highest BCUT2D eigenvalue weighted by Gasteiger charge is 2.27. The summed E-state index contributed by atoms with van der Waals surface area (Å²) in [7, 11) is 0. The molecule has 1 aliphatic rings. The lowest BCUT2D eigenvalue weighted by molar-refractivity contribution is -0.131. The van der Waals surface area contributed by atoms with Gasteiger partial charge < -0.3 is 4.90 Å². The van der Waals surface area contributed by atoms with Crippen molar-refractivity contribution in [1.82, 2.24) is 14.7 Å². The molecule has 0 spiro atoms. The molecule has 0 unspecified atom stereocenters. The van der Waals surface area contributed by atoms with Crippen molar-refractivity contribution in [2.24, 2.45) is 0 Å². The second kappa shape index (κ2) is 7.73. The first-order chi connectivity index (χ1) is 12.0. The Hall–Kier alpha value is -1.62. The third-order valence-electron chi connectivity index (χ3n) is 5.04. The molecule has 3 rings (SSSR count). The molecule has 5 heteroatoms. The summed E-state index contributed by atoms with van der Waals surface area (Å²) in [5, 5.41) is 6.93. The monoisotopic (exact) mass is 359 g/mol. The Morgan fingerprint density at radius 2 is 1.96 bits per heavy atom. The number of carbonyl (C=O) groups is 1. The molecule has 0 aromatic carbocycles. The molecule has 1 aliphatic heterocycles. The Balaban J connectivity index is 1.65. The third kappa shape index (κ3) is 4.14. The number of piperidine rings is 1. The lowest BCUT2D eigenvalue weighted by atomic mass is 10.0. The highest BCUT2D eigenvalue weighted by atomic mass is 32.1. The van der Waals surface area contributed by atoms with Crippen molar-refractivity contribution in [3.05, 3.63) is 39.8 Å². The van der Waals surface area contributed by atoms with Gasteiger partial charge in [-0.1, -0.05) is 33.8 Å². The predicted octanol–water partition coefficient (Wildman–Crippen LogP) is 4.60. The van der Waals surface area contributed by atoms with Crippen LogP contribution in [0.1, 0.15) is 74.7 Å². The number of aromatic nitrogens is 2. The topological polar surface area (TPSA) is 38.1 Å². The van der Waals surface area contributed by atoms with Gasteiger partial charge in [0.25, 0.3) is 0 Å². The Bertz CT molecular complexity index is 695. The largest absolute Gasteiger partial charge is 0.342 e. The van der Waals surface area contributed by atoms with Crippen LogP contribution in [0.15, 0.2) is 23.6 Å². The van der Waals surface area contributed by atoms with Crippen LogP contribution >= 0.6 is 11.3 Å². The quantitative estimate of drug-likeness (QED) is 0.782. The van der Waals surface area contributed by atoms with E-state index in [1.165, 1.54) is 11.4 Å². The van der Waals surface area contributed by atoms with Crippen LogP contribution in [-0.4, -0.2) is 33.7 Å². The van der Waals surface area contributed by atoms with Crippen molar-refractivity contribution in [3.63, 3.8) is 0 Å². The fourth-order valence-corrected chi connectivity index (χ4v) is 4.16. The number of nitrogens with zero attached hydrogens (tertiary/aromatic N) is 3. The van der Waals surface area contributed by atoms with Gasteiger partial charge in [0.15, 0.2) is 0 Å². The van der Waals surface area contributed by atoms with Gasteiger partial charge in [0, 0.05) is 23.7 Å². The lowest BCUT2D eigenvalue weighted by Gasteiger charge is -2.33. The summed E-state index contributed by atoms with van der Waals surface area (Å²) in [6.07, 6.45) is 2.53. The normalized spacial score (nSPS) is 16.2. The first kappa shape index (κ1) is 18.2. The van der Waals surface area contributed by atoms with Crippen molar-refractivity contribution in [2.45, 2.75) is 64.8 Å². The summed E-state index contributed by atoms with van der Waals surface area (Å²) < 4.78 is 2.25. The van der Waals surface area contributed by atoms with E-state index in [-0.39, 0.29) is 5.91 Å². The molecule has 0 aliphatic carbocycles. The molecule has 0 saturated carbocycles. The van der Waals surface area contributed by atoms with E-state index < -0.39 is 0 Å². The average Bonchev–Trinajstić information content (AvgIpc) is 3.24. The predicted molar refractivity (Wildman–Crippen MR) is 103 cm³/mol. The van der Waals surface area contributed by atoms with Gasteiger partial charge in [0.1, 0.15) is 0 Å². The van der Waals surface area contributed by atoms with Gasteiger partial charge >= 0.3 is 0 Å². The molecule has 0 bridgehead atoms. The molecular formula is C20H29N3OS. The Kier molecular flexibility index (Phi) is 5.62. The van der Waals surface area contributed by atoms with Gasteiger partial charge in [0.05, 0.1) is 18.2 Å². The van der Waals surface area contributed by atoms with E-state index >= 15 is 0 Å². The Morgan fingerprint density at radius 1 is 1.24 bits per heavy atom. The van der Waals surface area contributed by atoms with Gasteiger partial charge in [-0.2, -0.15) is 5.10 Å². The van der Waals surface area contributed by atoms with Crippen LogP contribution in [0.4, 0.5) is 0 Å². The molecule has 0 N–H and O–H groups in total. The Labute approximate surface area is 154 Å². The van der Waals surface area contributed by atoms with E-state index in [4.69, 9.17) is 5.10 Å². The van der Waals surface area contributed by atoms with Crippen molar-refractivity contribution in [3.8, 4) is 0 Å². The molecule has 0 radical (unpaired) electrons. The molecule has 136 valence electrons. The van der Waals surface area contributed by atoms with Crippen molar-refractivity contribution >= 4 is 17.2 Å². The zero-order chi connectivity index (χ0) is 18.0. The maximum absolute atomic E-state index is 12.5. The fourth-order valence-electron chi connectivity index (χ4n) is 3.47. The maximum atomic E-state index is 12.5. The highest BCUT2D eigenvalue weighted by molar-refractivity contribution is 7.10. The van der Waals surface area contributed by atoms with Gasteiger partial charge in [-0.05, 0) is 42.2 Å². The smallest absolute Gasteiger partial charge is 0.227 e. The van der Waals surface area contributed by atoms with Crippen LogP contribution in [0.25, 0.3) is 0 Å². The number of likely N-dealkylation sites (tertiary alicyclic amines) is 1. The van der Waals surface area contributed by atoms with Crippen molar-refractivity contribution < 1.29 is 4.79 Å². The molecule has 1 fully saturated rings. The number of thiophene rings is 1. The van der Waals surface area contributed by atoms with Crippen LogP contribution in [0.5, 0.6) is 0 Å². The fraction of sp³-hybridized carbons (Fsp3) is 0.600. The first-order valence-electron chi connectivity index (χ1n) is 9.35. The number of hydrogen-bond acceptors (Lipinski definition) is 3. The van der Waals surface area contributed by atoms with Crippen molar-refractivity contribution in [1.29, 1.82) is 0 Å². The van der Waals surface area contributed by atoms with E-state index in [9.17, 15) is 4.79 Å². The SMILES string of the molecule is CC(C)c1cc(C(C)C)n(C2CCN(C(=O)Cc3cccs3)CC2)n1. The zero-order valence-electron chi connectivity index (χ0n) is 15.7. The molecule has 2 aromatic heterocycles. The molecule has 25 heavy (non-hydrogen) atoms. The molecular weight excluding hydrogens is 330 g/mol. The number of amides is 1. The van der Waals surface area contributed by atoms with Crippen LogP contribution in [0, 0.1) is 0 Å². The summed E-state index contributed by atoms with van der Waals surface area (Å²) in [5.41, 5.74) is 2.51. The minimum absolute atomic E-state index is 0.258. The van der Waals surface area contributed by atoms with Gasteiger partial charge in [-0.15, -0.1) is 11.3 Å². The molecule has 0 atom stereocenters. The minimum atomic E-state index is 0.258. The first-order valence-corrected chi connectivity index (χ1v) is 10.2. The molecule has 2 aromatic rings. The maximum Gasteiger partial charge on any atom is 0.227 e. The average molecular weight is 360 g/mol. The molecule has 1 amide bonds. The van der Waals surface area contributed by atoms with Gasteiger partial charge in [-0.25, -0.2) is 0 Å². The van der Waals surface area contributed by atoms with E-state index in [0.717, 1.165) is 30.8 Å². The van der Waals surface area contributed by atoms with Crippen LogP contribution in [0.3, 0.4) is 0 Å². The third-order valence-corrected chi connectivity index (χ3v) is 5.91. The van der Waals surface area contributed by atoms with Crippen LogP contribution < -0.4 is 0 Å². The highest BCUT2D eigenvalue weighted by Crippen LogP contribution is 2.29. The van der Waals surface area contributed by atoms with Crippen LogP contribution in [0.2, 0.25) is 0 Å². The van der Waals surface area contributed by atoms with E-state index in [1.807, 2.05) is 22.4 Å². The second-order valence-corrected chi connectivity index (χ2v) is 8.65. The molecule has 1 saturated heterocycles. The van der Waals surface area contributed by atoms with Gasteiger partial charge in [-0.3, -0.25) is 9.48 Å². The van der Waals surface area contributed by atoms with Crippen molar-refractivity contribution in [2.75, 3.05) is 13.1 Å². The van der Waals surface area contributed by atoms with E-state index in [1.54, 1.807) is 11.3 Å². The van der Waals surface area contributed by atoms with Gasteiger partial charge in [0.2, 0.25) is 5.91 Å². The molecule has 3 heterocycles. The summed E-state index contributed by atoms with van der Waals surface area (Å²) in [6, 6.07) is 6.73. The van der Waals surface area contributed by atoms with Crippen LogP contribution in [-0.2, 0) is 11.2 Å². The summed E-state index contributed by atoms with van der Waals surface area (Å²) in [5.74, 6) is 1.18. The molecule has 4 nitrogen and oxygen atoms in total. The summed E-state index contributed by atoms with van der Waals surface area (Å²) in [4.78, 5) is 15.7. The number of hydrogen-bond donors (Lipinski definition) is 0. The second-order valence-electron chi connectivity index (χ2n) is 7.62.